The van der Waals surface area contributed by atoms with Crippen LogP contribution in [0.1, 0.15) is 24.1 Å². The number of aryl methyl sites for hydroxylation is 2. The fraction of sp³-hybridized carbons (Fsp3) is 0.292. The van der Waals surface area contributed by atoms with Gasteiger partial charge in [-0.1, -0.05) is 24.8 Å². The molecule has 0 spiro atoms. The van der Waals surface area contributed by atoms with E-state index in [2.05, 4.69) is 83.1 Å². The van der Waals surface area contributed by atoms with E-state index in [0.29, 0.717) is 0 Å². The largest absolute Gasteiger partial charge is 0.370 e. The molecular formula is C24H27N5. The molecule has 1 aliphatic rings. The van der Waals surface area contributed by atoms with E-state index < -0.39 is 0 Å². The molecule has 5 rings (SSSR count). The number of pyridine rings is 1. The summed E-state index contributed by atoms with van der Waals surface area (Å²) in [6.45, 7) is 8.37. The minimum absolute atomic E-state index is 0.232. The highest BCUT2D eigenvalue weighted by Gasteiger charge is 2.20. The topological polar surface area (TPSA) is 51.5 Å². The zero-order chi connectivity index (χ0) is 20.1. The number of nitrogens with zero attached hydrogens (tertiary/aromatic N) is 4. The second kappa shape index (κ2) is 6.78. The number of hydrogen-bond donors (Lipinski definition) is 1. The molecule has 2 N–H and O–H groups in total. The van der Waals surface area contributed by atoms with Crippen LogP contribution in [0, 0.1) is 6.92 Å². The molecule has 4 aromatic rings. The second-order valence-corrected chi connectivity index (χ2v) is 8.13. The molecule has 0 bridgehead atoms. The monoisotopic (exact) mass is 385 g/mol. The Bertz CT molecular complexity index is 1230. The number of aromatic nitrogens is 3. The lowest BCUT2D eigenvalue weighted by Gasteiger charge is -2.34. The molecule has 148 valence electrons. The minimum Gasteiger partial charge on any atom is -0.370 e. The number of rotatable bonds is 3. The van der Waals surface area contributed by atoms with Crippen molar-refractivity contribution < 1.29 is 0 Å². The average molecular weight is 386 g/mol. The summed E-state index contributed by atoms with van der Waals surface area (Å²) in [5.41, 5.74) is 13.8. The number of fused-ring (bicyclic) bond motifs is 2. The number of likely N-dealkylation sites (tertiary alicyclic amines) is 1. The van der Waals surface area contributed by atoms with Gasteiger partial charge in [-0.15, -0.1) is 0 Å². The van der Waals surface area contributed by atoms with Gasteiger partial charge in [0.25, 0.3) is 0 Å². The standard InChI is InChI=1S/C24H27N5/c1-16(28-11-6-8-20(25)15-28)18-10-12-29-17(2)24(26-23(29)14-18)22-13-19-7-4-5-9-21(19)27(22)3/h4-5,7,9-10,12-14,20H,1,6,8,11,15,25H2,2-3H3/t20-/m1/s1. The highest BCUT2D eigenvalue weighted by molar-refractivity contribution is 5.87. The molecule has 0 aliphatic carbocycles. The van der Waals surface area contributed by atoms with E-state index in [1.54, 1.807) is 0 Å². The van der Waals surface area contributed by atoms with E-state index in [4.69, 9.17) is 10.7 Å². The molecule has 4 heterocycles. The lowest BCUT2D eigenvalue weighted by atomic mass is 10.0. The Labute approximate surface area is 171 Å². The third-order valence-corrected chi connectivity index (χ3v) is 6.23. The van der Waals surface area contributed by atoms with E-state index in [-0.39, 0.29) is 6.04 Å². The van der Waals surface area contributed by atoms with E-state index in [1.165, 1.54) is 10.9 Å². The van der Waals surface area contributed by atoms with Crippen LogP contribution in [0.25, 0.3) is 33.6 Å². The molecule has 5 heteroatoms. The lowest BCUT2D eigenvalue weighted by molar-refractivity contribution is 0.296. The normalized spacial score (nSPS) is 17.3. The van der Waals surface area contributed by atoms with Gasteiger partial charge in [-0.05, 0) is 44.0 Å². The number of piperidine rings is 1. The lowest BCUT2D eigenvalue weighted by Crippen LogP contribution is -2.41. The predicted molar refractivity (Wildman–Crippen MR) is 120 cm³/mol. The van der Waals surface area contributed by atoms with Gasteiger partial charge in [0.2, 0.25) is 0 Å². The van der Waals surface area contributed by atoms with Gasteiger partial charge in [0.15, 0.2) is 0 Å². The van der Waals surface area contributed by atoms with Crippen molar-refractivity contribution in [2.45, 2.75) is 25.8 Å². The molecule has 29 heavy (non-hydrogen) atoms. The van der Waals surface area contributed by atoms with Crippen molar-refractivity contribution >= 4 is 22.2 Å². The summed E-state index contributed by atoms with van der Waals surface area (Å²) in [6, 6.07) is 15.2. The molecule has 5 nitrogen and oxygen atoms in total. The van der Waals surface area contributed by atoms with Gasteiger partial charge in [-0.2, -0.15) is 0 Å². The van der Waals surface area contributed by atoms with Crippen LogP contribution in [0.2, 0.25) is 0 Å². The predicted octanol–water partition coefficient (Wildman–Crippen LogP) is 4.20. The van der Waals surface area contributed by atoms with Crippen LogP contribution in [0.15, 0.2) is 55.2 Å². The van der Waals surface area contributed by atoms with Gasteiger partial charge >= 0.3 is 0 Å². The molecule has 0 saturated carbocycles. The maximum atomic E-state index is 6.16. The Morgan fingerprint density at radius 2 is 2.03 bits per heavy atom. The van der Waals surface area contributed by atoms with Gasteiger partial charge in [0.05, 0.1) is 5.69 Å². The molecule has 1 saturated heterocycles. The van der Waals surface area contributed by atoms with Gasteiger partial charge in [0, 0.05) is 60.2 Å². The first kappa shape index (κ1) is 18.0. The van der Waals surface area contributed by atoms with Crippen LogP contribution < -0.4 is 5.73 Å². The molecule has 0 unspecified atom stereocenters. The summed E-state index contributed by atoms with van der Waals surface area (Å²) in [5, 5.41) is 1.23. The minimum atomic E-state index is 0.232. The fourth-order valence-corrected chi connectivity index (χ4v) is 4.54. The Morgan fingerprint density at radius 1 is 1.21 bits per heavy atom. The first-order valence-corrected chi connectivity index (χ1v) is 10.3. The van der Waals surface area contributed by atoms with Crippen molar-refractivity contribution in [1.82, 2.24) is 18.9 Å². The number of para-hydroxylation sites is 1. The van der Waals surface area contributed by atoms with E-state index >= 15 is 0 Å². The quantitative estimate of drug-likeness (QED) is 0.575. The third kappa shape index (κ3) is 2.93. The summed E-state index contributed by atoms with van der Waals surface area (Å²) in [4.78, 5) is 7.31. The van der Waals surface area contributed by atoms with E-state index in [1.807, 2.05) is 0 Å². The van der Waals surface area contributed by atoms with Gasteiger partial charge < -0.3 is 19.6 Å². The van der Waals surface area contributed by atoms with Crippen molar-refractivity contribution in [1.29, 1.82) is 0 Å². The summed E-state index contributed by atoms with van der Waals surface area (Å²) >= 11 is 0. The van der Waals surface area contributed by atoms with Crippen molar-refractivity contribution in [2.24, 2.45) is 12.8 Å². The number of nitrogens with two attached hydrogens (primary N) is 1. The summed E-state index contributed by atoms with van der Waals surface area (Å²) in [5.74, 6) is 0. The molecular weight excluding hydrogens is 358 g/mol. The van der Waals surface area contributed by atoms with Crippen LogP contribution in [0.3, 0.4) is 0 Å². The van der Waals surface area contributed by atoms with Gasteiger partial charge in [0.1, 0.15) is 11.3 Å². The maximum absolute atomic E-state index is 6.16. The second-order valence-electron chi connectivity index (χ2n) is 8.13. The average Bonchev–Trinajstić information content (AvgIpc) is 3.24. The van der Waals surface area contributed by atoms with Crippen molar-refractivity contribution in [2.75, 3.05) is 13.1 Å². The third-order valence-electron chi connectivity index (χ3n) is 6.23. The molecule has 0 amide bonds. The zero-order valence-electron chi connectivity index (χ0n) is 17.1. The van der Waals surface area contributed by atoms with Gasteiger partial charge in [-0.3, -0.25) is 0 Å². The summed E-state index contributed by atoms with van der Waals surface area (Å²) in [7, 11) is 2.11. The van der Waals surface area contributed by atoms with Crippen LogP contribution in [0.4, 0.5) is 0 Å². The van der Waals surface area contributed by atoms with Crippen LogP contribution in [-0.4, -0.2) is 38.0 Å². The van der Waals surface area contributed by atoms with Gasteiger partial charge in [-0.25, -0.2) is 4.98 Å². The maximum Gasteiger partial charge on any atom is 0.138 e. The highest BCUT2D eigenvalue weighted by atomic mass is 15.2. The van der Waals surface area contributed by atoms with Crippen LogP contribution in [0.5, 0.6) is 0 Å². The van der Waals surface area contributed by atoms with Crippen LogP contribution >= 0.6 is 0 Å². The Kier molecular flexibility index (Phi) is 4.21. The Hall–Kier alpha value is -3.05. The van der Waals surface area contributed by atoms with E-state index in [0.717, 1.165) is 59.9 Å². The van der Waals surface area contributed by atoms with E-state index in [9.17, 15) is 0 Å². The van der Waals surface area contributed by atoms with Crippen molar-refractivity contribution in [3.05, 3.63) is 66.5 Å². The van der Waals surface area contributed by atoms with Crippen molar-refractivity contribution in [3.8, 4) is 11.4 Å². The summed E-state index contributed by atoms with van der Waals surface area (Å²) < 4.78 is 4.38. The molecule has 1 aromatic carbocycles. The fourth-order valence-electron chi connectivity index (χ4n) is 4.54. The molecule has 3 aromatic heterocycles. The smallest absolute Gasteiger partial charge is 0.138 e. The first-order valence-electron chi connectivity index (χ1n) is 10.3. The number of imidazole rings is 1. The molecule has 0 radical (unpaired) electrons. The van der Waals surface area contributed by atoms with Crippen molar-refractivity contribution in [3.63, 3.8) is 0 Å². The molecule has 1 atom stereocenters. The Balaban J connectivity index is 1.56. The first-order chi connectivity index (χ1) is 14.0. The SMILES string of the molecule is C=C(c1ccn2c(C)c(-c3cc4ccccc4n3C)nc2c1)N1CCC[C@@H](N)C1. The molecule has 1 aliphatic heterocycles. The van der Waals surface area contributed by atoms with Crippen LogP contribution in [-0.2, 0) is 7.05 Å². The summed E-state index contributed by atoms with van der Waals surface area (Å²) in [6.07, 6.45) is 4.32. The number of hydrogen-bond acceptors (Lipinski definition) is 3. The molecule has 1 fully saturated rings. The highest BCUT2D eigenvalue weighted by Crippen LogP contribution is 2.30. The number of benzene rings is 1. The Morgan fingerprint density at radius 3 is 2.83 bits per heavy atom. The zero-order valence-corrected chi connectivity index (χ0v) is 17.1.